The Labute approximate surface area is 99.4 Å². The maximum Gasteiger partial charge on any atom is 0.180 e. The van der Waals surface area contributed by atoms with Crippen LogP contribution in [0.15, 0.2) is 0 Å². The summed E-state index contributed by atoms with van der Waals surface area (Å²) in [5, 5.41) is 12.6. The van der Waals surface area contributed by atoms with Crippen LogP contribution in [0.5, 0.6) is 11.5 Å². The number of phenolic OH excluding ortho intramolecular Hbond substituents is 1. The van der Waals surface area contributed by atoms with Gasteiger partial charge in [-0.2, -0.15) is 0 Å². The van der Waals surface area contributed by atoms with Crippen LogP contribution in [0.4, 0.5) is 4.39 Å². The molecule has 1 aromatic rings. The van der Waals surface area contributed by atoms with Crippen molar-refractivity contribution in [2.24, 2.45) is 0 Å². The second kappa shape index (κ2) is 5.14. The zero-order valence-electron chi connectivity index (χ0n) is 10.3. The van der Waals surface area contributed by atoms with Gasteiger partial charge in [-0.05, 0) is 26.5 Å². The van der Waals surface area contributed by atoms with Gasteiger partial charge in [0.2, 0.25) is 0 Å². The standard InChI is InChI=1S/C12H16FNO3/c1-6-9(8(15)5-14-3)11(16)12(17-4)7(2)10(6)13/h14,16H,5H2,1-4H3. The number of halogens is 1. The van der Waals surface area contributed by atoms with Crippen LogP contribution in [0.25, 0.3) is 0 Å². The lowest BCUT2D eigenvalue weighted by Crippen LogP contribution is -2.20. The second-order valence-corrected chi connectivity index (χ2v) is 3.77. The average Bonchev–Trinajstić information content (AvgIpc) is 2.27. The molecule has 0 aliphatic carbocycles. The highest BCUT2D eigenvalue weighted by molar-refractivity contribution is 6.02. The van der Waals surface area contributed by atoms with Crippen molar-refractivity contribution in [2.45, 2.75) is 13.8 Å². The molecule has 0 saturated heterocycles. The molecular weight excluding hydrogens is 225 g/mol. The highest BCUT2D eigenvalue weighted by Gasteiger charge is 2.24. The van der Waals surface area contributed by atoms with E-state index in [2.05, 4.69) is 5.32 Å². The van der Waals surface area contributed by atoms with Crippen molar-refractivity contribution in [3.05, 3.63) is 22.5 Å². The molecule has 2 N–H and O–H groups in total. The Balaban J connectivity index is 3.50. The van der Waals surface area contributed by atoms with Crippen molar-refractivity contribution >= 4 is 5.78 Å². The summed E-state index contributed by atoms with van der Waals surface area (Å²) < 4.78 is 18.8. The Bertz CT molecular complexity index is 458. The monoisotopic (exact) mass is 241 g/mol. The molecule has 0 aliphatic rings. The number of methoxy groups -OCH3 is 1. The first-order chi connectivity index (χ1) is 7.95. The first-order valence-electron chi connectivity index (χ1n) is 5.19. The van der Waals surface area contributed by atoms with Gasteiger partial charge >= 0.3 is 0 Å². The van der Waals surface area contributed by atoms with Gasteiger partial charge in [0.25, 0.3) is 0 Å². The van der Waals surface area contributed by atoms with Crippen molar-refractivity contribution in [3.8, 4) is 11.5 Å². The summed E-state index contributed by atoms with van der Waals surface area (Å²) in [6.45, 7) is 2.98. The van der Waals surface area contributed by atoms with Gasteiger partial charge in [0.15, 0.2) is 17.3 Å². The number of likely N-dealkylation sites (N-methyl/N-ethyl adjacent to an activating group) is 1. The fourth-order valence-electron chi connectivity index (χ4n) is 1.80. The fraction of sp³-hybridized carbons (Fsp3) is 0.417. The van der Waals surface area contributed by atoms with E-state index in [1.54, 1.807) is 7.05 Å². The lowest BCUT2D eigenvalue weighted by Gasteiger charge is -2.15. The molecule has 0 heterocycles. The molecule has 0 fully saturated rings. The molecule has 0 unspecified atom stereocenters. The number of hydrogen-bond acceptors (Lipinski definition) is 4. The van der Waals surface area contributed by atoms with E-state index in [9.17, 15) is 14.3 Å². The first kappa shape index (κ1) is 13.4. The molecule has 4 nitrogen and oxygen atoms in total. The Morgan fingerprint density at radius 3 is 2.47 bits per heavy atom. The van der Waals surface area contributed by atoms with Crippen molar-refractivity contribution in [1.29, 1.82) is 0 Å². The SMILES string of the molecule is CNCC(=O)c1c(C)c(F)c(C)c(OC)c1O. The Hall–Kier alpha value is -1.62. The Kier molecular flexibility index (Phi) is 4.07. The predicted molar refractivity (Wildman–Crippen MR) is 62.3 cm³/mol. The number of phenols is 1. The summed E-state index contributed by atoms with van der Waals surface area (Å²) in [6.07, 6.45) is 0. The predicted octanol–water partition coefficient (Wildman–Crippen LogP) is 1.56. The molecule has 17 heavy (non-hydrogen) atoms. The van der Waals surface area contributed by atoms with Crippen LogP contribution in [0.2, 0.25) is 0 Å². The molecule has 0 bridgehead atoms. The number of benzene rings is 1. The molecule has 0 radical (unpaired) electrons. The molecule has 0 aromatic heterocycles. The number of carbonyl (C=O) groups excluding carboxylic acids is 1. The molecular formula is C12H16FNO3. The number of hydrogen-bond donors (Lipinski definition) is 2. The maximum absolute atomic E-state index is 13.9. The normalized spacial score (nSPS) is 10.4. The van der Waals surface area contributed by atoms with Crippen LogP contribution in [0.3, 0.4) is 0 Å². The Morgan fingerprint density at radius 1 is 1.41 bits per heavy atom. The third kappa shape index (κ3) is 2.24. The van der Waals surface area contributed by atoms with Crippen LogP contribution in [0, 0.1) is 19.7 Å². The van der Waals surface area contributed by atoms with E-state index in [0.29, 0.717) is 0 Å². The van der Waals surface area contributed by atoms with E-state index in [1.165, 1.54) is 21.0 Å². The van der Waals surface area contributed by atoms with Crippen LogP contribution >= 0.6 is 0 Å². The number of Topliss-reactive ketones (excluding diaryl/α,β-unsaturated/α-hetero) is 1. The van der Waals surface area contributed by atoms with E-state index < -0.39 is 5.82 Å². The number of ether oxygens (including phenoxy) is 1. The lowest BCUT2D eigenvalue weighted by atomic mass is 9.98. The maximum atomic E-state index is 13.9. The van der Waals surface area contributed by atoms with Crippen LogP contribution in [-0.4, -0.2) is 31.6 Å². The number of ketones is 1. The molecule has 0 saturated carbocycles. The molecule has 0 atom stereocenters. The minimum absolute atomic E-state index is 0.00699. The molecule has 1 aromatic carbocycles. The zero-order valence-corrected chi connectivity index (χ0v) is 10.3. The van der Waals surface area contributed by atoms with Gasteiger partial charge in [-0.15, -0.1) is 0 Å². The van der Waals surface area contributed by atoms with Crippen molar-refractivity contribution in [1.82, 2.24) is 5.32 Å². The van der Waals surface area contributed by atoms with Crippen molar-refractivity contribution in [2.75, 3.05) is 20.7 Å². The van der Waals surface area contributed by atoms with E-state index in [0.717, 1.165) is 0 Å². The summed E-state index contributed by atoms with van der Waals surface area (Å²) in [4.78, 5) is 11.8. The number of nitrogens with one attached hydrogen (secondary N) is 1. The first-order valence-corrected chi connectivity index (χ1v) is 5.19. The number of aromatic hydroxyl groups is 1. The molecule has 0 spiro atoms. The molecule has 5 heteroatoms. The van der Waals surface area contributed by atoms with Gasteiger partial charge in [0, 0.05) is 5.56 Å². The zero-order chi connectivity index (χ0) is 13.2. The minimum atomic E-state index is -0.529. The van der Waals surface area contributed by atoms with Gasteiger partial charge in [-0.25, -0.2) is 4.39 Å². The summed E-state index contributed by atoms with van der Waals surface area (Å²) in [5.41, 5.74) is 0.309. The molecule has 1 rings (SSSR count). The van der Waals surface area contributed by atoms with Gasteiger partial charge in [0.1, 0.15) is 5.82 Å². The number of carbonyl (C=O) groups is 1. The molecule has 0 aliphatic heterocycles. The largest absolute Gasteiger partial charge is 0.504 e. The van der Waals surface area contributed by atoms with Crippen molar-refractivity contribution < 1.29 is 19.0 Å². The minimum Gasteiger partial charge on any atom is -0.504 e. The van der Waals surface area contributed by atoms with Gasteiger partial charge in [-0.1, -0.05) is 0 Å². The van der Waals surface area contributed by atoms with Crippen molar-refractivity contribution in [3.63, 3.8) is 0 Å². The Morgan fingerprint density at radius 2 is 2.00 bits per heavy atom. The summed E-state index contributed by atoms with van der Waals surface area (Å²) in [7, 11) is 2.93. The van der Waals surface area contributed by atoms with Crippen LogP contribution in [-0.2, 0) is 0 Å². The smallest absolute Gasteiger partial charge is 0.180 e. The van der Waals surface area contributed by atoms with E-state index in [4.69, 9.17) is 4.74 Å². The summed E-state index contributed by atoms with van der Waals surface area (Å²) in [6, 6.07) is 0. The van der Waals surface area contributed by atoms with E-state index >= 15 is 0 Å². The third-order valence-corrected chi connectivity index (χ3v) is 2.65. The summed E-state index contributed by atoms with van der Waals surface area (Å²) in [5.74, 6) is -1.20. The van der Waals surface area contributed by atoms with E-state index in [-0.39, 0.29) is 40.5 Å². The highest BCUT2D eigenvalue weighted by Crippen LogP contribution is 2.37. The topological polar surface area (TPSA) is 58.6 Å². The molecule has 0 amide bonds. The van der Waals surface area contributed by atoms with Crippen LogP contribution in [0.1, 0.15) is 21.5 Å². The molecule has 94 valence electrons. The van der Waals surface area contributed by atoms with Gasteiger partial charge < -0.3 is 15.2 Å². The lowest BCUT2D eigenvalue weighted by molar-refractivity contribution is 0.0989. The second-order valence-electron chi connectivity index (χ2n) is 3.77. The third-order valence-electron chi connectivity index (χ3n) is 2.65. The average molecular weight is 241 g/mol. The van der Waals surface area contributed by atoms with Gasteiger partial charge in [0.05, 0.1) is 19.2 Å². The quantitative estimate of drug-likeness (QED) is 0.785. The highest BCUT2D eigenvalue weighted by atomic mass is 19.1. The van der Waals surface area contributed by atoms with Gasteiger partial charge in [-0.3, -0.25) is 4.79 Å². The van der Waals surface area contributed by atoms with E-state index in [1.807, 2.05) is 0 Å². The summed E-state index contributed by atoms with van der Waals surface area (Å²) >= 11 is 0. The number of rotatable bonds is 4. The van der Waals surface area contributed by atoms with Crippen LogP contribution < -0.4 is 10.1 Å². The fourth-order valence-corrected chi connectivity index (χ4v) is 1.80.